The second-order valence-corrected chi connectivity index (χ2v) is 7.25. The number of unbranched alkanes of at least 4 members (excludes halogenated alkanes) is 1. The molecule has 2 N–H and O–H groups in total. The molecule has 0 saturated carbocycles. The smallest absolute Gasteiger partial charge is 0.00986 e. The van der Waals surface area contributed by atoms with Crippen molar-refractivity contribution in [3.05, 3.63) is 24.3 Å². The Morgan fingerprint density at radius 3 is 2.22 bits per heavy atom. The molecule has 0 radical (unpaired) electrons. The van der Waals surface area contributed by atoms with Gasteiger partial charge in [-0.2, -0.15) is 0 Å². The molecule has 0 aliphatic rings. The molecule has 0 spiro atoms. The van der Waals surface area contributed by atoms with Crippen molar-refractivity contribution < 1.29 is 0 Å². The zero-order valence-electron chi connectivity index (χ0n) is 16.6. The van der Waals surface area contributed by atoms with E-state index in [-0.39, 0.29) is 0 Å². The topological polar surface area (TPSA) is 24.1 Å². The van der Waals surface area contributed by atoms with Crippen LogP contribution in [0.3, 0.4) is 0 Å². The molecule has 4 atom stereocenters. The number of rotatable bonds is 14. The molecule has 4 unspecified atom stereocenters. The standard InChI is InChI=1S/C21H42N2/c1-8-11-12-13-20(16-21(10-3)22-7)15-17(4)14-19(6)23-18(5)9-2/h8,13,17-19,21-23H,1,9-12,14-16H2,2-7H3/b20-13+. The summed E-state index contributed by atoms with van der Waals surface area (Å²) in [5, 5.41) is 7.15. The second-order valence-electron chi connectivity index (χ2n) is 7.25. The lowest BCUT2D eigenvalue weighted by molar-refractivity contribution is 0.377. The van der Waals surface area contributed by atoms with Gasteiger partial charge in [0.2, 0.25) is 0 Å². The molecule has 2 nitrogen and oxygen atoms in total. The van der Waals surface area contributed by atoms with E-state index < -0.39 is 0 Å². The molecule has 23 heavy (non-hydrogen) atoms. The summed E-state index contributed by atoms with van der Waals surface area (Å²) in [5.74, 6) is 0.728. The summed E-state index contributed by atoms with van der Waals surface area (Å²) in [7, 11) is 2.08. The summed E-state index contributed by atoms with van der Waals surface area (Å²) in [6.07, 6.45) is 12.7. The van der Waals surface area contributed by atoms with Crippen LogP contribution < -0.4 is 10.6 Å². The largest absolute Gasteiger partial charge is 0.317 e. The van der Waals surface area contributed by atoms with Gasteiger partial charge < -0.3 is 10.6 Å². The van der Waals surface area contributed by atoms with Crippen LogP contribution in [0.5, 0.6) is 0 Å². The van der Waals surface area contributed by atoms with Crippen molar-refractivity contribution in [3.63, 3.8) is 0 Å². The van der Waals surface area contributed by atoms with Crippen LogP contribution in [-0.4, -0.2) is 25.2 Å². The molecule has 0 bridgehead atoms. The maximum absolute atomic E-state index is 3.84. The normalized spacial score (nSPS) is 17.6. The van der Waals surface area contributed by atoms with Crippen LogP contribution in [0.15, 0.2) is 24.3 Å². The Morgan fingerprint density at radius 2 is 1.70 bits per heavy atom. The summed E-state index contributed by atoms with van der Waals surface area (Å²) in [6, 6.07) is 1.82. The fourth-order valence-electron chi connectivity index (χ4n) is 3.23. The van der Waals surface area contributed by atoms with Crippen LogP contribution in [0.25, 0.3) is 0 Å². The lowest BCUT2D eigenvalue weighted by atomic mass is 9.90. The predicted octanol–water partition coefficient (Wildman–Crippen LogP) is 5.46. The fourth-order valence-corrected chi connectivity index (χ4v) is 3.23. The number of hydrogen-bond donors (Lipinski definition) is 2. The zero-order chi connectivity index (χ0) is 17.7. The van der Waals surface area contributed by atoms with Gasteiger partial charge in [-0.1, -0.05) is 38.5 Å². The molecular weight excluding hydrogens is 280 g/mol. The van der Waals surface area contributed by atoms with E-state index in [4.69, 9.17) is 0 Å². The summed E-state index contributed by atoms with van der Waals surface area (Å²) in [5.41, 5.74) is 1.62. The lowest BCUT2D eigenvalue weighted by Gasteiger charge is -2.24. The van der Waals surface area contributed by atoms with Gasteiger partial charge in [0.05, 0.1) is 0 Å². The molecule has 0 heterocycles. The Kier molecular flexibility index (Phi) is 13.4. The van der Waals surface area contributed by atoms with E-state index >= 15 is 0 Å². The minimum atomic E-state index is 0.598. The summed E-state index contributed by atoms with van der Waals surface area (Å²) >= 11 is 0. The van der Waals surface area contributed by atoms with E-state index in [0.717, 1.165) is 18.8 Å². The highest BCUT2D eigenvalue weighted by Crippen LogP contribution is 2.22. The molecule has 0 rings (SSSR count). The molecule has 0 saturated heterocycles. The monoisotopic (exact) mass is 322 g/mol. The first-order chi connectivity index (χ1) is 11.0. The van der Waals surface area contributed by atoms with Gasteiger partial charge in [0, 0.05) is 18.1 Å². The lowest BCUT2D eigenvalue weighted by Crippen LogP contribution is -2.35. The molecule has 0 aromatic carbocycles. The quantitative estimate of drug-likeness (QED) is 0.328. The molecule has 2 heteroatoms. The molecular formula is C21H42N2. The van der Waals surface area contributed by atoms with Gasteiger partial charge in [0.1, 0.15) is 0 Å². The minimum absolute atomic E-state index is 0.598. The van der Waals surface area contributed by atoms with Crippen LogP contribution in [0.4, 0.5) is 0 Å². The third kappa shape index (κ3) is 11.6. The van der Waals surface area contributed by atoms with Crippen molar-refractivity contribution in [2.24, 2.45) is 5.92 Å². The predicted molar refractivity (Wildman–Crippen MR) is 106 cm³/mol. The van der Waals surface area contributed by atoms with Gasteiger partial charge in [-0.3, -0.25) is 0 Å². The number of allylic oxidation sites excluding steroid dienone is 2. The third-order valence-electron chi connectivity index (χ3n) is 4.76. The van der Waals surface area contributed by atoms with Gasteiger partial charge in [-0.15, -0.1) is 6.58 Å². The van der Waals surface area contributed by atoms with E-state index in [0.29, 0.717) is 18.1 Å². The number of nitrogens with one attached hydrogen (secondary N) is 2. The Bertz CT molecular complexity index is 318. The van der Waals surface area contributed by atoms with Crippen molar-refractivity contribution in [2.45, 2.75) is 97.7 Å². The maximum Gasteiger partial charge on any atom is 0.00986 e. The molecule has 0 aliphatic carbocycles. The second kappa shape index (κ2) is 13.8. The van der Waals surface area contributed by atoms with Gasteiger partial charge in [-0.05, 0) is 71.8 Å². The van der Waals surface area contributed by atoms with E-state index in [1.165, 1.54) is 32.1 Å². The van der Waals surface area contributed by atoms with E-state index in [1.54, 1.807) is 5.57 Å². The first-order valence-corrected chi connectivity index (χ1v) is 9.68. The van der Waals surface area contributed by atoms with Gasteiger partial charge >= 0.3 is 0 Å². The van der Waals surface area contributed by atoms with Crippen LogP contribution in [-0.2, 0) is 0 Å². The fraction of sp³-hybridized carbons (Fsp3) is 0.810. The minimum Gasteiger partial charge on any atom is -0.317 e. The maximum atomic E-state index is 3.84. The van der Waals surface area contributed by atoms with E-state index in [2.05, 4.69) is 65.0 Å². The van der Waals surface area contributed by atoms with Crippen LogP contribution >= 0.6 is 0 Å². The third-order valence-corrected chi connectivity index (χ3v) is 4.76. The Hall–Kier alpha value is -0.600. The Balaban J connectivity index is 4.54. The molecule has 0 aliphatic heterocycles. The van der Waals surface area contributed by atoms with Gasteiger partial charge in [-0.25, -0.2) is 0 Å². The highest BCUT2D eigenvalue weighted by atomic mass is 14.9. The van der Waals surface area contributed by atoms with Crippen molar-refractivity contribution in [1.82, 2.24) is 10.6 Å². The van der Waals surface area contributed by atoms with Crippen LogP contribution in [0.1, 0.15) is 79.6 Å². The van der Waals surface area contributed by atoms with Crippen LogP contribution in [0, 0.1) is 5.92 Å². The summed E-state index contributed by atoms with van der Waals surface area (Å²) < 4.78 is 0. The van der Waals surface area contributed by atoms with E-state index in [1.807, 2.05) is 6.08 Å². The van der Waals surface area contributed by atoms with Gasteiger partial charge in [0.15, 0.2) is 0 Å². The summed E-state index contributed by atoms with van der Waals surface area (Å²) in [4.78, 5) is 0. The van der Waals surface area contributed by atoms with Crippen molar-refractivity contribution in [3.8, 4) is 0 Å². The Morgan fingerprint density at radius 1 is 1.00 bits per heavy atom. The van der Waals surface area contributed by atoms with Crippen LogP contribution in [0.2, 0.25) is 0 Å². The zero-order valence-corrected chi connectivity index (χ0v) is 16.6. The molecule has 0 fully saturated rings. The average molecular weight is 323 g/mol. The molecule has 0 aromatic heterocycles. The molecule has 0 amide bonds. The first kappa shape index (κ1) is 22.4. The first-order valence-electron chi connectivity index (χ1n) is 9.68. The Labute approximate surface area is 146 Å². The average Bonchev–Trinajstić information content (AvgIpc) is 2.51. The van der Waals surface area contributed by atoms with Crippen molar-refractivity contribution >= 4 is 0 Å². The SMILES string of the molecule is C=CCC/C=C(\CC(C)CC(C)NC(C)CC)CC(CC)NC. The number of hydrogen-bond acceptors (Lipinski definition) is 2. The molecule has 0 aromatic rings. The van der Waals surface area contributed by atoms with E-state index in [9.17, 15) is 0 Å². The molecule has 136 valence electrons. The van der Waals surface area contributed by atoms with Crippen molar-refractivity contribution in [2.75, 3.05) is 7.05 Å². The van der Waals surface area contributed by atoms with Gasteiger partial charge in [0.25, 0.3) is 0 Å². The highest BCUT2D eigenvalue weighted by molar-refractivity contribution is 5.06. The van der Waals surface area contributed by atoms with Crippen molar-refractivity contribution in [1.29, 1.82) is 0 Å². The summed E-state index contributed by atoms with van der Waals surface area (Å²) in [6.45, 7) is 15.4. The highest BCUT2D eigenvalue weighted by Gasteiger charge is 2.14.